The topological polar surface area (TPSA) is 50.9 Å². The summed E-state index contributed by atoms with van der Waals surface area (Å²) in [5.74, 6) is 5.63. The molecule has 0 saturated carbocycles. The molecule has 1 unspecified atom stereocenters. The smallest absolute Gasteiger partial charge is 0.0672 e. The van der Waals surface area contributed by atoms with Gasteiger partial charge in [-0.25, -0.2) is 0 Å². The number of nitrogens with two attached hydrogens (primary N) is 1. The van der Waals surface area contributed by atoms with Crippen LogP contribution in [0, 0.1) is 6.92 Å². The molecule has 0 spiro atoms. The molecule has 0 aliphatic rings. The number of rotatable bonds is 4. The molecule has 0 radical (unpaired) electrons. The Labute approximate surface area is 116 Å². The van der Waals surface area contributed by atoms with E-state index in [9.17, 15) is 0 Å². The summed E-state index contributed by atoms with van der Waals surface area (Å²) in [7, 11) is 0. The van der Waals surface area contributed by atoms with E-state index in [-0.39, 0.29) is 6.04 Å². The molecule has 3 N–H and O–H groups in total. The van der Waals surface area contributed by atoms with Gasteiger partial charge in [-0.05, 0) is 48.7 Å². The third-order valence-corrected chi connectivity index (χ3v) is 3.38. The molecule has 0 amide bonds. The summed E-state index contributed by atoms with van der Waals surface area (Å²) in [6.07, 6.45) is 2.64. The molecule has 0 bridgehead atoms. The fourth-order valence-corrected chi connectivity index (χ4v) is 2.12. The van der Waals surface area contributed by atoms with Gasteiger partial charge in [-0.15, -0.1) is 0 Å². The van der Waals surface area contributed by atoms with E-state index in [4.69, 9.17) is 5.84 Å². The lowest BCUT2D eigenvalue weighted by Gasteiger charge is -2.16. The molecule has 1 heterocycles. The normalized spacial score (nSPS) is 12.4. The summed E-state index contributed by atoms with van der Waals surface area (Å²) in [5, 5.41) is 0. The minimum atomic E-state index is 0.0334. The molecule has 0 aliphatic heterocycles. The number of benzene rings is 1. The van der Waals surface area contributed by atoms with Gasteiger partial charge in [0.05, 0.1) is 11.7 Å². The first-order valence-electron chi connectivity index (χ1n) is 5.82. The van der Waals surface area contributed by atoms with Crippen molar-refractivity contribution >= 4 is 15.9 Å². The van der Waals surface area contributed by atoms with Gasteiger partial charge in [-0.2, -0.15) is 0 Å². The maximum atomic E-state index is 5.63. The number of aromatic nitrogens is 1. The van der Waals surface area contributed by atoms with E-state index < -0.39 is 0 Å². The second-order valence-corrected chi connectivity index (χ2v) is 5.22. The number of nitrogens with zero attached hydrogens (tertiary/aromatic N) is 1. The lowest BCUT2D eigenvalue weighted by molar-refractivity contribution is 0.538. The van der Waals surface area contributed by atoms with Gasteiger partial charge in [0.25, 0.3) is 0 Å². The van der Waals surface area contributed by atoms with Crippen LogP contribution < -0.4 is 11.3 Å². The van der Waals surface area contributed by atoms with E-state index in [1.165, 1.54) is 11.1 Å². The van der Waals surface area contributed by atoms with Crippen molar-refractivity contribution in [1.29, 1.82) is 0 Å². The molecule has 3 nitrogen and oxygen atoms in total. The van der Waals surface area contributed by atoms with Crippen molar-refractivity contribution in [3.63, 3.8) is 0 Å². The third-order valence-electron chi connectivity index (χ3n) is 2.85. The molecule has 4 heteroatoms. The Morgan fingerprint density at radius 2 is 2.00 bits per heavy atom. The second-order valence-electron chi connectivity index (χ2n) is 4.31. The maximum Gasteiger partial charge on any atom is 0.0672 e. The van der Waals surface area contributed by atoms with Crippen LogP contribution in [-0.4, -0.2) is 4.98 Å². The highest BCUT2D eigenvalue weighted by molar-refractivity contribution is 9.10. The molecule has 94 valence electrons. The van der Waals surface area contributed by atoms with Crippen LogP contribution in [0.25, 0.3) is 0 Å². The number of halogens is 1. The van der Waals surface area contributed by atoms with E-state index in [0.29, 0.717) is 0 Å². The van der Waals surface area contributed by atoms with E-state index >= 15 is 0 Å². The van der Waals surface area contributed by atoms with Gasteiger partial charge >= 0.3 is 0 Å². The molecule has 1 atom stereocenters. The van der Waals surface area contributed by atoms with Crippen LogP contribution >= 0.6 is 15.9 Å². The predicted octanol–water partition coefficient (Wildman–Crippen LogP) is 2.90. The average molecular weight is 306 g/mol. The number of hydrogen-bond donors (Lipinski definition) is 2. The first-order chi connectivity index (χ1) is 8.69. The third kappa shape index (κ3) is 3.38. The van der Waals surface area contributed by atoms with E-state index in [0.717, 1.165) is 16.6 Å². The first-order valence-corrected chi connectivity index (χ1v) is 6.61. The van der Waals surface area contributed by atoms with Crippen LogP contribution in [0.5, 0.6) is 0 Å². The molecule has 1 aromatic heterocycles. The Hall–Kier alpha value is -1.23. The number of pyridine rings is 1. The molecule has 2 rings (SSSR count). The Kier molecular flexibility index (Phi) is 4.47. The molecule has 0 aliphatic carbocycles. The summed E-state index contributed by atoms with van der Waals surface area (Å²) >= 11 is 3.43. The summed E-state index contributed by atoms with van der Waals surface area (Å²) < 4.78 is 1.08. The van der Waals surface area contributed by atoms with Crippen molar-refractivity contribution < 1.29 is 0 Å². The first kappa shape index (κ1) is 13.2. The van der Waals surface area contributed by atoms with Crippen LogP contribution in [0.1, 0.15) is 22.9 Å². The van der Waals surface area contributed by atoms with Crippen molar-refractivity contribution in [2.45, 2.75) is 19.4 Å². The summed E-state index contributed by atoms with van der Waals surface area (Å²) in [6.45, 7) is 2.05. The van der Waals surface area contributed by atoms with Gasteiger partial charge < -0.3 is 0 Å². The number of nitrogens with one attached hydrogen (secondary N) is 1. The number of hydrazine groups is 1. The lowest BCUT2D eigenvalue weighted by Crippen LogP contribution is -2.30. The van der Waals surface area contributed by atoms with Gasteiger partial charge in [0.2, 0.25) is 0 Å². The van der Waals surface area contributed by atoms with Crippen LogP contribution in [0.15, 0.2) is 47.1 Å². The Morgan fingerprint density at radius 3 is 2.61 bits per heavy atom. The molecular formula is C14H16BrN3. The van der Waals surface area contributed by atoms with Crippen molar-refractivity contribution in [1.82, 2.24) is 10.4 Å². The van der Waals surface area contributed by atoms with Crippen molar-refractivity contribution in [3.05, 3.63) is 63.9 Å². The van der Waals surface area contributed by atoms with Crippen LogP contribution in [0.2, 0.25) is 0 Å². The molecule has 1 aromatic carbocycles. The van der Waals surface area contributed by atoms with Crippen molar-refractivity contribution in [2.24, 2.45) is 5.84 Å². The molecule has 18 heavy (non-hydrogen) atoms. The summed E-state index contributed by atoms with van der Waals surface area (Å²) in [4.78, 5) is 4.37. The van der Waals surface area contributed by atoms with Crippen molar-refractivity contribution in [2.75, 3.05) is 0 Å². The predicted molar refractivity (Wildman–Crippen MR) is 76.9 cm³/mol. The fourth-order valence-electron chi connectivity index (χ4n) is 1.86. The standard InChI is InChI=1S/C14H16BrN3/c1-10-6-7-17-13(8-10)14(18-16)9-11-2-4-12(15)5-3-11/h2-8,14,18H,9,16H2,1H3. The van der Waals surface area contributed by atoms with Crippen LogP contribution in [-0.2, 0) is 6.42 Å². The van der Waals surface area contributed by atoms with Gasteiger partial charge in [-0.1, -0.05) is 28.1 Å². The molecule has 0 fully saturated rings. The monoisotopic (exact) mass is 305 g/mol. The number of hydrogen-bond acceptors (Lipinski definition) is 3. The van der Waals surface area contributed by atoms with E-state index in [1.54, 1.807) is 0 Å². The Balaban J connectivity index is 2.17. The summed E-state index contributed by atoms with van der Waals surface area (Å²) in [6, 6.07) is 12.3. The van der Waals surface area contributed by atoms with Gasteiger partial charge in [-0.3, -0.25) is 16.3 Å². The lowest BCUT2D eigenvalue weighted by atomic mass is 10.0. The minimum Gasteiger partial charge on any atom is -0.271 e. The SMILES string of the molecule is Cc1ccnc(C(Cc2ccc(Br)cc2)NN)c1. The highest BCUT2D eigenvalue weighted by atomic mass is 79.9. The quantitative estimate of drug-likeness (QED) is 0.674. The van der Waals surface area contributed by atoms with E-state index in [2.05, 4.69) is 51.5 Å². The van der Waals surface area contributed by atoms with Crippen LogP contribution in [0.4, 0.5) is 0 Å². The molecule has 2 aromatic rings. The average Bonchev–Trinajstić information content (AvgIpc) is 2.38. The zero-order chi connectivity index (χ0) is 13.0. The maximum absolute atomic E-state index is 5.63. The second kappa shape index (κ2) is 6.09. The highest BCUT2D eigenvalue weighted by Gasteiger charge is 2.11. The molecule has 0 saturated heterocycles. The van der Waals surface area contributed by atoms with Gasteiger partial charge in [0.1, 0.15) is 0 Å². The molecular weight excluding hydrogens is 290 g/mol. The fraction of sp³-hybridized carbons (Fsp3) is 0.214. The number of aryl methyl sites for hydroxylation is 1. The van der Waals surface area contributed by atoms with Gasteiger partial charge in [0.15, 0.2) is 0 Å². The Bertz CT molecular complexity index is 511. The van der Waals surface area contributed by atoms with E-state index in [1.807, 2.05) is 24.4 Å². The zero-order valence-electron chi connectivity index (χ0n) is 10.2. The minimum absolute atomic E-state index is 0.0334. The highest BCUT2D eigenvalue weighted by Crippen LogP contribution is 2.18. The Morgan fingerprint density at radius 1 is 1.28 bits per heavy atom. The zero-order valence-corrected chi connectivity index (χ0v) is 11.8. The van der Waals surface area contributed by atoms with Crippen molar-refractivity contribution in [3.8, 4) is 0 Å². The largest absolute Gasteiger partial charge is 0.271 e. The van der Waals surface area contributed by atoms with Gasteiger partial charge in [0, 0.05) is 10.7 Å². The van der Waals surface area contributed by atoms with Crippen LogP contribution in [0.3, 0.4) is 0 Å². The summed E-state index contributed by atoms with van der Waals surface area (Å²) in [5.41, 5.74) is 6.22.